The van der Waals surface area contributed by atoms with Crippen LogP contribution in [0.3, 0.4) is 0 Å². The molecule has 0 aliphatic heterocycles. The summed E-state index contributed by atoms with van der Waals surface area (Å²) in [6.45, 7) is 6.40. The van der Waals surface area contributed by atoms with Gasteiger partial charge in [0.1, 0.15) is 0 Å². The quantitative estimate of drug-likeness (QED) is 0.410. The zero-order valence-corrected chi connectivity index (χ0v) is 14.9. The lowest BCUT2D eigenvalue weighted by molar-refractivity contribution is 1.33. The van der Waals surface area contributed by atoms with E-state index in [1.54, 1.807) is 0 Å². The number of pyridine rings is 1. The lowest BCUT2D eigenvalue weighted by Crippen LogP contribution is -1.92. The smallest absolute Gasteiger partial charge is 0.0718 e. The zero-order chi connectivity index (χ0) is 17.4. The number of fused-ring (bicyclic) bond motifs is 1. The molecule has 0 fully saturated rings. The Morgan fingerprint density at radius 1 is 0.640 bits per heavy atom. The average molecular weight is 323 g/mol. The van der Waals surface area contributed by atoms with E-state index < -0.39 is 0 Å². The highest BCUT2D eigenvalue weighted by Crippen LogP contribution is 2.33. The standard InChI is InChI=1S/C24H21N/c1-16-9-12-19(13-10-16)22-15-24(21-14-17(2)8-11-18(21)3)25-23-7-5-4-6-20(22)23/h4-15H,1-3H3. The first-order valence-electron chi connectivity index (χ1n) is 8.66. The van der Waals surface area contributed by atoms with E-state index in [2.05, 4.69) is 93.6 Å². The Morgan fingerprint density at radius 2 is 1.36 bits per heavy atom. The van der Waals surface area contributed by atoms with E-state index in [1.807, 2.05) is 0 Å². The Balaban J connectivity index is 2.01. The predicted octanol–water partition coefficient (Wildman–Crippen LogP) is 6.49. The van der Waals surface area contributed by atoms with Gasteiger partial charge in [-0.15, -0.1) is 0 Å². The average Bonchev–Trinajstić information content (AvgIpc) is 2.63. The van der Waals surface area contributed by atoms with Gasteiger partial charge in [-0.2, -0.15) is 0 Å². The van der Waals surface area contributed by atoms with Crippen LogP contribution in [0.4, 0.5) is 0 Å². The summed E-state index contributed by atoms with van der Waals surface area (Å²) in [5, 5.41) is 1.19. The summed E-state index contributed by atoms with van der Waals surface area (Å²) in [5.41, 5.74) is 9.54. The SMILES string of the molecule is Cc1ccc(-c2cc(-c3cc(C)ccc3C)nc3ccccc23)cc1. The minimum absolute atomic E-state index is 1.04. The normalized spacial score (nSPS) is 11.0. The third-order valence-corrected chi connectivity index (χ3v) is 4.75. The molecule has 4 aromatic rings. The van der Waals surface area contributed by atoms with Crippen molar-refractivity contribution >= 4 is 10.9 Å². The highest BCUT2D eigenvalue weighted by atomic mass is 14.7. The van der Waals surface area contributed by atoms with E-state index in [9.17, 15) is 0 Å². The van der Waals surface area contributed by atoms with Crippen molar-refractivity contribution in [2.24, 2.45) is 0 Å². The number of rotatable bonds is 2. The lowest BCUT2D eigenvalue weighted by atomic mass is 9.96. The van der Waals surface area contributed by atoms with Crippen LogP contribution in [0.5, 0.6) is 0 Å². The van der Waals surface area contributed by atoms with Gasteiger partial charge in [-0.25, -0.2) is 4.98 Å². The molecule has 0 amide bonds. The van der Waals surface area contributed by atoms with Crippen molar-refractivity contribution in [3.63, 3.8) is 0 Å². The van der Waals surface area contributed by atoms with Crippen molar-refractivity contribution in [1.82, 2.24) is 4.98 Å². The molecular weight excluding hydrogens is 302 g/mol. The first-order valence-corrected chi connectivity index (χ1v) is 8.66. The molecule has 25 heavy (non-hydrogen) atoms. The van der Waals surface area contributed by atoms with Gasteiger partial charge in [0, 0.05) is 10.9 Å². The second kappa shape index (κ2) is 6.18. The number of nitrogens with zero attached hydrogens (tertiary/aromatic N) is 1. The van der Waals surface area contributed by atoms with Gasteiger partial charge in [-0.1, -0.05) is 65.7 Å². The van der Waals surface area contributed by atoms with Gasteiger partial charge >= 0.3 is 0 Å². The van der Waals surface area contributed by atoms with Crippen LogP contribution in [0.15, 0.2) is 72.8 Å². The van der Waals surface area contributed by atoms with Crippen LogP contribution in [-0.2, 0) is 0 Å². The van der Waals surface area contributed by atoms with E-state index in [1.165, 1.54) is 38.8 Å². The molecule has 0 radical (unpaired) electrons. The Bertz CT molecular complexity index is 1060. The van der Waals surface area contributed by atoms with Crippen LogP contribution in [0.25, 0.3) is 33.3 Å². The summed E-state index contributed by atoms with van der Waals surface area (Å²) >= 11 is 0. The van der Waals surface area contributed by atoms with E-state index >= 15 is 0 Å². The topological polar surface area (TPSA) is 12.9 Å². The van der Waals surface area contributed by atoms with Gasteiger partial charge < -0.3 is 0 Å². The molecular formula is C24H21N. The van der Waals surface area contributed by atoms with Crippen LogP contribution >= 0.6 is 0 Å². The number of benzene rings is 3. The minimum Gasteiger partial charge on any atom is -0.248 e. The first-order chi connectivity index (χ1) is 12.1. The number of hydrogen-bond donors (Lipinski definition) is 0. The van der Waals surface area contributed by atoms with Crippen molar-refractivity contribution in [2.45, 2.75) is 20.8 Å². The molecule has 1 heterocycles. The molecule has 0 saturated carbocycles. The molecule has 0 aliphatic carbocycles. The molecule has 1 nitrogen and oxygen atoms in total. The number of aryl methyl sites for hydroxylation is 3. The van der Waals surface area contributed by atoms with Gasteiger partial charge in [0.05, 0.1) is 11.2 Å². The highest BCUT2D eigenvalue weighted by molar-refractivity contribution is 5.96. The molecule has 0 spiro atoms. The monoisotopic (exact) mass is 323 g/mol. The summed E-state index contributed by atoms with van der Waals surface area (Å²) < 4.78 is 0. The minimum atomic E-state index is 1.04. The van der Waals surface area contributed by atoms with Gasteiger partial charge in [-0.3, -0.25) is 0 Å². The van der Waals surface area contributed by atoms with E-state index in [0.29, 0.717) is 0 Å². The van der Waals surface area contributed by atoms with Gasteiger partial charge in [0.2, 0.25) is 0 Å². The molecule has 1 aromatic heterocycles. The van der Waals surface area contributed by atoms with E-state index in [4.69, 9.17) is 4.98 Å². The zero-order valence-electron chi connectivity index (χ0n) is 14.9. The molecule has 122 valence electrons. The number of para-hydroxylation sites is 1. The van der Waals surface area contributed by atoms with Gasteiger partial charge in [0.25, 0.3) is 0 Å². The molecule has 4 rings (SSSR count). The summed E-state index contributed by atoms with van der Waals surface area (Å²) in [5.74, 6) is 0. The third-order valence-electron chi connectivity index (χ3n) is 4.75. The maximum Gasteiger partial charge on any atom is 0.0718 e. The predicted molar refractivity (Wildman–Crippen MR) is 107 cm³/mol. The molecule has 3 aromatic carbocycles. The lowest BCUT2D eigenvalue weighted by Gasteiger charge is -2.12. The third kappa shape index (κ3) is 2.94. The molecule has 0 unspecified atom stereocenters. The summed E-state index contributed by atoms with van der Waals surface area (Å²) in [7, 11) is 0. The first kappa shape index (κ1) is 15.6. The van der Waals surface area contributed by atoms with Crippen LogP contribution in [-0.4, -0.2) is 4.98 Å². The second-order valence-corrected chi connectivity index (χ2v) is 6.76. The fraction of sp³-hybridized carbons (Fsp3) is 0.125. The van der Waals surface area contributed by atoms with Crippen LogP contribution < -0.4 is 0 Å². The summed E-state index contributed by atoms with van der Waals surface area (Å²) in [4.78, 5) is 4.95. The van der Waals surface area contributed by atoms with Gasteiger partial charge in [0.15, 0.2) is 0 Å². The largest absolute Gasteiger partial charge is 0.248 e. The van der Waals surface area contributed by atoms with E-state index in [-0.39, 0.29) is 0 Å². The Kier molecular flexibility index (Phi) is 3.85. The fourth-order valence-electron chi connectivity index (χ4n) is 3.30. The molecule has 1 heteroatoms. The van der Waals surface area contributed by atoms with Crippen molar-refractivity contribution in [3.8, 4) is 22.4 Å². The Morgan fingerprint density at radius 3 is 2.16 bits per heavy atom. The van der Waals surface area contributed by atoms with Crippen LogP contribution in [0, 0.1) is 20.8 Å². The highest BCUT2D eigenvalue weighted by Gasteiger charge is 2.11. The van der Waals surface area contributed by atoms with E-state index in [0.717, 1.165) is 11.2 Å². The van der Waals surface area contributed by atoms with Crippen LogP contribution in [0.2, 0.25) is 0 Å². The van der Waals surface area contributed by atoms with Crippen molar-refractivity contribution < 1.29 is 0 Å². The number of hydrogen-bond acceptors (Lipinski definition) is 1. The summed E-state index contributed by atoms with van der Waals surface area (Å²) in [6, 6.07) is 25.9. The maximum atomic E-state index is 4.95. The van der Waals surface area contributed by atoms with Crippen molar-refractivity contribution in [3.05, 3.63) is 89.5 Å². The summed E-state index contributed by atoms with van der Waals surface area (Å²) in [6.07, 6.45) is 0. The molecule has 0 atom stereocenters. The molecule has 0 N–H and O–H groups in total. The molecule has 0 aliphatic rings. The maximum absolute atomic E-state index is 4.95. The fourth-order valence-corrected chi connectivity index (χ4v) is 3.30. The Hall–Kier alpha value is -2.93. The number of aromatic nitrogens is 1. The van der Waals surface area contributed by atoms with Crippen molar-refractivity contribution in [1.29, 1.82) is 0 Å². The second-order valence-electron chi connectivity index (χ2n) is 6.76. The molecule has 0 bridgehead atoms. The van der Waals surface area contributed by atoms with Crippen LogP contribution in [0.1, 0.15) is 16.7 Å². The molecule has 0 saturated heterocycles. The van der Waals surface area contributed by atoms with Gasteiger partial charge in [-0.05, 0) is 55.7 Å². The van der Waals surface area contributed by atoms with Crippen molar-refractivity contribution in [2.75, 3.05) is 0 Å². The Labute approximate surface area is 149 Å².